The molecule has 2 nitrogen and oxygen atoms in total. The Bertz CT molecular complexity index is 354. The highest BCUT2D eigenvalue weighted by Gasteiger charge is 2.23. The fourth-order valence-corrected chi connectivity index (χ4v) is 3.90. The minimum Gasteiger partial charge on any atom is -0.314 e. The van der Waals surface area contributed by atoms with Crippen LogP contribution in [0.25, 0.3) is 0 Å². The van der Waals surface area contributed by atoms with Crippen molar-refractivity contribution in [2.45, 2.75) is 12.5 Å². The van der Waals surface area contributed by atoms with Crippen molar-refractivity contribution in [1.29, 1.82) is 0 Å². The first-order chi connectivity index (χ1) is 7.83. The van der Waals surface area contributed by atoms with Crippen molar-refractivity contribution < 1.29 is 0 Å². The molecule has 1 N–H and O–H groups in total. The van der Waals surface area contributed by atoms with Gasteiger partial charge >= 0.3 is 0 Å². The summed E-state index contributed by atoms with van der Waals surface area (Å²) in [5, 5.41) is 5.55. The van der Waals surface area contributed by atoms with E-state index in [4.69, 9.17) is 0 Å². The molecule has 0 unspecified atom stereocenters. The number of hydrogen-bond donors (Lipinski definition) is 1. The molecular weight excluding hydrogens is 355 g/mol. The van der Waals surface area contributed by atoms with Crippen LogP contribution in [0.15, 0.2) is 28.6 Å². The van der Waals surface area contributed by atoms with Crippen LogP contribution in [0.2, 0.25) is 0 Å². The Labute approximate surface area is 134 Å². The van der Waals surface area contributed by atoms with Gasteiger partial charge in [-0.25, -0.2) is 0 Å². The van der Waals surface area contributed by atoms with Crippen LogP contribution < -0.4 is 5.32 Å². The molecule has 1 aliphatic rings. The molecule has 2 rings (SSSR count). The fraction of sp³-hybridized carbons (Fsp3) is 0.500. The number of nitrogens with zero attached hydrogens (tertiary/aromatic N) is 1. The zero-order chi connectivity index (χ0) is 11.4. The lowest BCUT2D eigenvalue weighted by Crippen LogP contribution is -2.44. The smallest absolute Gasteiger partial charge is 0.0488 e. The lowest BCUT2D eigenvalue weighted by atomic mass is 10.1. The normalized spacial score (nSPS) is 17.4. The van der Waals surface area contributed by atoms with Crippen molar-refractivity contribution in [2.24, 2.45) is 0 Å². The zero-order valence-electron chi connectivity index (χ0n) is 10.1. The SMILES string of the molecule is C=CC[C@H](c1sccc1Br)N1CCNCC1.Cl.Cl. The Kier molecular flexibility index (Phi) is 9.56. The monoisotopic (exact) mass is 372 g/mol. The first kappa shape index (κ1) is 18.4. The molecule has 0 saturated carbocycles. The predicted octanol–water partition coefficient (Wildman–Crippen LogP) is 3.88. The van der Waals surface area contributed by atoms with Crippen LogP contribution in [0, 0.1) is 0 Å². The van der Waals surface area contributed by atoms with Gasteiger partial charge in [-0.3, -0.25) is 4.90 Å². The Hall–Kier alpha value is 0.420. The number of nitrogens with one attached hydrogen (secondary N) is 1. The molecule has 2 heterocycles. The van der Waals surface area contributed by atoms with E-state index in [1.807, 2.05) is 17.4 Å². The van der Waals surface area contributed by atoms with Gasteiger partial charge in [0.1, 0.15) is 0 Å². The molecule has 0 amide bonds. The highest BCUT2D eigenvalue weighted by atomic mass is 79.9. The van der Waals surface area contributed by atoms with E-state index in [9.17, 15) is 0 Å². The number of piperazine rings is 1. The van der Waals surface area contributed by atoms with Gasteiger partial charge in [0.2, 0.25) is 0 Å². The first-order valence-electron chi connectivity index (χ1n) is 5.61. The third-order valence-electron chi connectivity index (χ3n) is 2.93. The van der Waals surface area contributed by atoms with Crippen molar-refractivity contribution in [3.63, 3.8) is 0 Å². The second kappa shape index (κ2) is 9.34. The molecule has 0 radical (unpaired) electrons. The Morgan fingerprint density at radius 1 is 1.44 bits per heavy atom. The molecule has 0 bridgehead atoms. The Morgan fingerprint density at radius 3 is 2.61 bits per heavy atom. The van der Waals surface area contributed by atoms with Gasteiger partial charge in [0, 0.05) is 41.6 Å². The topological polar surface area (TPSA) is 15.3 Å². The highest BCUT2D eigenvalue weighted by Crippen LogP contribution is 2.35. The van der Waals surface area contributed by atoms with Crippen LogP contribution in [0.4, 0.5) is 0 Å². The standard InChI is InChI=1S/C12H17BrN2S.2ClH/c1-2-3-11(12-10(13)4-9-16-12)15-7-5-14-6-8-15;;/h2,4,9,11,14H,1,3,5-8H2;2*1H/t11-;;/m1../s1. The maximum Gasteiger partial charge on any atom is 0.0488 e. The van der Waals surface area contributed by atoms with Crippen molar-refractivity contribution in [3.05, 3.63) is 33.5 Å². The van der Waals surface area contributed by atoms with E-state index in [-0.39, 0.29) is 24.8 Å². The third kappa shape index (κ3) is 4.51. The van der Waals surface area contributed by atoms with E-state index in [0.717, 1.165) is 32.6 Å². The van der Waals surface area contributed by atoms with Gasteiger partial charge < -0.3 is 5.32 Å². The summed E-state index contributed by atoms with van der Waals surface area (Å²) < 4.78 is 1.24. The largest absolute Gasteiger partial charge is 0.314 e. The van der Waals surface area contributed by atoms with E-state index in [2.05, 4.69) is 44.2 Å². The summed E-state index contributed by atoms with van der Waals surface area (Å²) in [4.78, 5) is 3.98. The fourth-order valence-electron chi connectivity index (χ4n) is 2.12. The molecule has 18 heavy (non-hydrogen) atoms. The third-order valence-corrected chi connectivity index (χ3v) is 4.90. The van der Waals surface area contributed by atoms with Crippen LogP contribution in [-0.2, 0) is 0 Å². The summed E-state index contributed by atoms with van der Waals surface area (Å²) in [6.07, 6.45) is 3.05. The average Bonchev–Trinajstić information content (AvgIpc) is 2.73. The molecule has 104 valence electrons. The maximum absolute atomic E-state index is 3.88. The molecule has 1 aromatic heterocycles. The lowest BCUT2D eigenvalue weighted by Gasteiger charge is -2.34. The van der Waals surface area contributed by atoms with Crippen LogP contribution in [-0.4, -0.2) is 31.1 Å². The Balaban J connectivity index is 0.00000144. The number of rotatable bonds is 4. The summed E-state index contributed by atoms with van der Waals surface area (Å²) in [5.41, 5.74) is 0. The molecule has 1 aromatic rings. The summed E-state index contributed by atoms with van der Waals surface area (Å²) in [7, 11) is 0. The number of hydrogen-bond acceptors (Lipinski definition) is 3. The van der Waals surface area contributed by atoms with Gasteiger partial charge in [-0.1, -0.05) is 6.08 Å². The minimum absolute atomic E-state index is 0. The minimum atomic E-state index is 0. The second-order valence-corrected chi connectivity index (χ2v) is 5.76. The van der Waals surface area contributed by atoms with Gasteiger partial charge in [0.15, 0.2) is 0 Å². The molecule has 0 spiro atoms. The maximum atomic E-state index is 3.88. The van der Waals surface area contributed by atoms with E-state index in [1.54, 1.807) is 0 Å². The molecule has 0 aromatic carbocycles. The second-order valence-electron chi connectivity index (χ2n) is 3.96. The molecule has 1 saturated heterocycles. The first-order valence-corrected chi connectivity index (χ1v) is 7.28. The molecular formula is C12H19BrCl2N2S. The van der Waals surface area contributed by atoms with Crippen LogP contribution in [0.5, 0.6) is 0 Å². The van der Waals surface area contributed by atoms with Gasteiger partial charge in [0.25, 0.3) is 0 Å². The van der Waals surface area contributed by atoms with Crippen molar-refractivity contribution in [2.75, 3.05) is 26.2 Å². The lowest BCUT2D eigenvalue weighted by molar-refractivity contribution is 0.176. The van der Waals surface area contributed by atoms with E-state index in [1.165, 1.54) is 9.35 Å². The van der Waals surface area contributed by atoms with E-state index < -0.39 is 0 Å². The van der Waals surface area contributed by atoms with E-state index >= 15 is 0 Å². The molecule has 1 atom stereocenters. The van der Waals surface area contributed by atoms with Crippen LogP contribution >= 0.6 is 52.1 Å². The summed E-state index contributed by atoms with van der Waals surface area (Å²) >= 11 is 5.47. The molecule has 6 heteroatoms. The number of halogens is 3. The quantitative estimate of drug-likeness (QED) is 0.805. The molecule has 0 aliphatic carbocycles. The molecule has 1 aliphatic heterocycles. The average molecular weight is 374 g/mol. The molecule has 1 fully saturated rings. The Morgan fingerprint density at radius 2 is 2.11 bits per heavy atom. The number of thiophene rings is 1. The highest BCUT2D eigenvalue weighted by molar-refractivity contribution is 9.10. The van der Waals surface area contributed by atoms with Gasteiger partial charge in [-0.15, -0.1) is 42.7 Å². The zero-order valence-corrected chi connectivity index (χ0v) is 14.1. The van der Waals surface area contributed by atoms with Crippen molar-refractivity contribution in [3.8, 4) is 0 Å². The van der Waals surface area contributed by atoms with Gasteiger partial charge in [-0.05, 0) is 33.8 Å². The van der Waals surface area contributed by atoms with Crippen LogP contribution in [0.1, 0.15) is 17.3 Å². The summed E-state index contributed by atoms with van der Waals surface area (Å²) in [5.74, 6) is 0. The van der Waals surface area contributed by atoms with Crippen molar-refractivity contribution in [1.82, 2.24) is 10.2 Å². The van der Waals surface area contributed by atoms with Gasteiger partial charge in [-0.2, -0.15) is 0 Å². The van der Waals surface area contributed by atoms with Crippen LogP contribution in [0.3, 0.4) is 0 Å². The summed E-state index contributed by atoms with van der Waals surface area (Å²) in [6, 6.07) is 2.63. The predicted molar refractivity (Wildman–Crippen MR) is 88.5 cm³/mol. The summed E-state index contributed by atoms with van der Waals surface area (Å²) in [6.45, 7) is 8.33. The van der Waals surface area contributed by atoms with E-state index in [0.29, 0.717) is 6.04 Å². The van der Waals surface area contributed by atoms with Crippen molar-refractivity contribution >= 4 is 52.1 Å². The van der Waals surface area contributed by atoms with Gasteiger partial charge in [0.05, 0.1) is 0 Å².